The monoisotopic (exact) mass is 595 g/mol. The molecule has 0 spiro atoms. The minimum atomic E-state index is -4.19. The average Bonchev–Trinajstić information content (AvgIpc) is 2.88. The van der Waals surface area contributed by atoms with E-state index in [0.29, 0.717) is 20.6 Å². The van der Waals surface area contributed by atoms with Crippen molar-refractivity contribution in [3.63, 3.8) is 0 Å². The predicted octanol–water partition coefficient (Wildman–Crippen LogP) is 5.70. The summed E-state index contributed by atoms with van der Waals surface area (Å²) in [7, 11) is -2.72. The van der Waals surface area contributed by atoms with Crippen molar-refractivity contribution in [2.24, 2.45) is 0 Å². The molecule has 1 N–H and O–H groups in total. The van der Waals surface area contributed by atoms with E-state index >= 15 is 0 Å². The summed E-state index contributed by atoms with van der Waals surface area (Å²) in [6, 6.07) is 16.6. The number of carbonyl (C=O) groups excluding carboxylic acids is 2. The first-order valence-corrected chi connectivity index (χ1v) is 14.4. The van der Waals surface area contributed by atoms with E-state index in [2.05, 4.69) is 5.32 Å². The lowest BCUT2D eigenvalue weighted by atomic mass is 10.1. The lowest BCUT2D eigenvalue weighted by Gasteiger charge is -2.33. The van der Waals surface area contributed by atoms with Gasteiger partial charge in [-0.25, -0.2) is 8.42 Å². The third kappa shape index (κ3) is 6.80. The van der Waals surface area contributed by atoms with Crippen LogP contribution in [0.4, 0.5) is 5.69 Å². The van der Waals surface area contributed by atoms with Crippen molar-refractivity contribution in [1.29, 1.82) is 0 Å². The quantitative estimate of drug-likeness (QED) is 0.325. The van der Waals surface area contributed by atoms with Crippen molar-refractivity contribution < 1.29 is 18.0 Å². The van der Waals surface area contributed by atoms with Crippen LogP contribution in [0.15, 0.2) is 71.6 Å². The molecule has 3 aromatic carbocycles. The van der Waals surface area contributed by atoms with Gasteiger partial charge in [0.2, 0.25) is 11.8 Å². The summed E-state index contributed by atoms with van der Waals surface area (Å²) in [5, 5.41) is 3.51. The largest absolute Gasteiger partial charge is 0.357 e. The van der Waals surface area contributed by atoms with Crippen LogP contribution in [0.2, 0.25) is 15.1 Å². The topological polar surface area (TPSA) is 86.8 Å². The van der Waals surface area contributed by atoms with Gasteiger partial charge in [0.05, 0.1) is 10.6 Å². The van der Waals surface area contributed by atoms with E-state index in [-0.39, 0.29) is 23.5 Å². The molecule has 0 saturated heterocycles. The number of benzene rings is 3. The van der Waals surface area contributed by atoms with Gasteiger partial charge in [0.25, 0.3) is 10.0 Å². The first kappa shape index (κ1) is 29.8. The van der Waals surface area contributed by atoms with E-state index in [9.17, 15) is 18.0 Å². The number of anilines is 1. The van der Waals surface area contributed by atoms with Crippen LogP contribution < -0.4 is 9.62 Å². The van der Waals surface area contributed by atoms with Gasteiger partial charge < -0.3 is 10.2 Å². The number of nitrogens with zero attached hydrogens (tertiary/aromatic N) is 2. The van der Waals surface area contributed by atoms with Crippen LogP contribution in [0.3, 0.4) is 0 Å². The molecule has 202 valence electrons. The molecule has 1 atom stereocenters. The van der Waals surface area contributed by atoms with Gasteiger partial charge in [-0.3, -0.25) is 13.9 Å². The number of amides is 2. The molecule has 3 aromatic rings. The van der Waals surface area contributed by atoms with Crippen molar-refractivity contribution in [1.82, 2.24) is 10.2 Å². The molecule has 2 amide bonds. The lowest BCUT2D eigenvalue weighted by molar-refractivity contribution is -0.140. The van der Waals surface area contributed by atoms with E-state index in [1.807, 2.05) is 6.92 Å². The van der Waals surface area contributed by atoms with Gasteiger partial charge >= 0.3 is 0 Å². The predicted molar refractivity (Wildman–Crippen MR) is 152 cm³/mol. The SMILES string of the molecule is CC[C@H](C(=O)NC)N(Cc1c(Cl)cccc1Cl)C(=O)CN(c1cccc(Cl)c1)S(=O)(=O)c1ccc(C)cc1. The number of carbonyl (C=O) groups is 2. The molecule has 0 aromatic heterocycles. The van der Waals surface area contributed by atoms with E-state index < -0.39 is 34.4 Å². The molecule has 0 bridgehead atoms. The highest BCUT2D eigenvalue weighted by molar-refractivity contribution is 7.92. The molecule has 0 heterocycles. The van der Waals surface area contributed by atoms with E-state index in [1.165, 1.54) is 30.1 Å². The van der Waals surface area contributed by atoms with Crippen LogP contribution in [0.5, 0.6) is 0 Å². The Kier molecular flexibility index (Phi) is 10.1. The Hall–Kier alpha value is -2.78. The summed E-state index contributed by atoms with van der Waals surface area (Å²) in [5.74, 6) is -1.02. The lowest BCUT2D eigenvalue weighted by Crippen LogP contribution is -2.51. The van der Waals surface area contributed by atoms with Crippen molar-refractivity contribution in [2.75, 3.05) is 17.9 Å². The molecule has 0 aliphatic heterocycles. The Morgan fingerprint density at radius 1 is 0.947 bits per heavy atom. The second kappa shape index (κ2) is 12.8. The summed E-state index contributed by atoms with van der Waals surface area (Å²) < 4.78 is 28.6. The molecule has 0 fully saturated rings. The van der Waals surface area contributed by atoms with Crippen molar-refractivity contribution in [3.05, 3.63) is 92.9 Å². The minimum absolute atomic E-state index is 0.00918. The van der Waals surface area contributed by atoms with Crippen LogP contribution in [0.1, 0.15) is 24.5 Å². The number of hydrogen-bond donors (Lipinski definition) is 1. The van der Waals surface area contributed by atoms with Gasteiger partial charge in [-0.1, -0.05) is 71.6 Å². The number of hydrogen-bond acceptors (Lipinski definition) is 4. The molecule has 0 unspecified atom stereocenters. The second-order valence-electron chi connectivity index (χ2n) is 8.56. The number of aryl methyl sites for hydroxylation is 1. The van der Waals surface area contributed by atoms with Gasteiger partial charge in [0, 0.05) is 34.2 Å². The van der Waals surface area contributed by atoms with E-state index in [1.54, 1.807) is 55.5 Å². The Balaban J connectivity index is 2.10. The molecule has 7 nitrogen and oxygen atoms in total. The van der Waals surface area contributed by atoms with Crippen LogP contribution >= 0.6 is 34.8 Å². The van der Waals surface area contributed by atoms with Crippen molar-refractivity contribution >= 4 is 62.3 Å². The highest BCUT2D eigenvalue weighted by atomic mass is 35.5. The molecule has 11 heteroatoms. The van der Waals surface area contributed by atoms with Gasteiger partial charge in [0.1, 0.15) is 12.6 Å². The van der Waals surface area contributed by atoms with E-state index in [0.717, 1.165) is 9.87 Å². The zero-order valence-electron chi connectivity index (χ0n) is 21.1. The maximum atomic E-state index is 13.9. The Morgan fingerprint density at radius 2 is 1.55 bits per heavy atom. The summed E-state index contributed by atoms with van der Waals surface area (Å²) in [4.78, 5) is 28.0. The Morgan fingerprint density at radius 3 is 2.11 bits per heavy atom. The maximum Gasteiger partial charge on any atom is 0.264 e. The number of nitrogens with one attached hydrogen (secondary N) is 1. The fraction of sp³-hybridized carbons (Fsp3) is 0.259. The third-order valence-corrected chi connectivity index (χ3v) is 8.74. The average molecular weight is 597 g/mol. The molecular weight excluding hydrogens is 569 g/mol. The number of likely N-dealkylation sites (N-methyl/N-ethyl adjacent to an activating group) is 1. The smallest absolute Gasteiger partial charge is 0.264 e. The van der Waals surface area contributed by atoms with Crippen LogP contribution in [0, 0.1) is 6.92 Å². The van der Waals surface area contributed by atoms with Gasteiger partial charge in [-0.2, -0.15) is 0 Å². The van der Waals surface area contributed by atoms with Crippen LogP contribution in [-0.4, -0.2) is 44.8 Å². The molecule has 0 aliphatic rings. The minimum Gasteiger partial charge on any atom is -0.357 e. The second-order valence-corrected chi connectivity index (χ2v) is 11.7. The molecular formula is C27H28Cl3N3O4S. The summed E-state index contributed by atoms with van der Waals surface area (Å²) >= 11 is 18.9. The Bertz CT molecular complexity index is 1400. The molecule has 0 radical (unpaired) electrons. The first-order valence-electron chi connectivity index (χ1n) is 11.8. The summed E-state index contributed by atoms with van der Waals surface area (Å²) in [6.45, 7) is 2.91. The maximum absolute atomic E-state index is 13.9. The van der Waals surface area contributed by atoms with Gasteiger partial charge in [0.15, 0.2) is 0 Å². The number of rotatable bonds is 10. The van der Waals surface area contributed by atoms with Crippen molar-refractivity contribution in [2.45, 2.75) is 37.8 Å². The molecule has 38 heavy (non-hydrogen) atoms. The first-order chi connectivity index (χ1) is 18.0. The van der Waals surface area contributed by atoms with E-state index in [4.69, 9.17) is 34.8 Å². The molecule has 3 rings (SSSR count). The van der Waals surface area contributed by atoms with Gasteiger partial charge in [-0.15, -0.1) is 0 Å². The molecule has 0 saturated carbocycles. The Labute approximate surface area is 238 Å². The zero-order valence-corrected chi connectivity index (χ0v) is 24.2. The standard InChI is InChI=1S/C27H28Cl3N3O4S/c1-4-25(27(35)31-3)32(16-22-23(29)9-6-10-24(22)30)26(34)17-33(20-8-5-7-19(28)15-20)38(36,37)21-13-11-18(2)12-14-21/h5-15,25H,4,16-17H2,1-3H3,(H,31,35)/t25-/m1/s1. The summed E-state index contributed by atoms with van der Waals surface area (Å²) in [5.41, 5.74) is 1.53. The number of sulfonamides is 1. The van der Waals surface area contributed by atoms with Crippen LogP contribution in [-0.2, 0) is 26.2 Å². The zero-order chi connectivity index (χ0) is 28.0. The summed E-state index contributed by atoms with van der Waals surface area (Å²) in [6.07, 6.45) is 0.273. The fourth-order valence-corrected chi connectivity index (χ4v) is 6.04. The highest BCUT2D eigenvalue weighted by Crippen LogP contribution is 2.29. The number of halogens is 3. The van der Waals surface area contributed by atoms with Crippen molar-refractivity contribution in [3.8, 4) is 0 Å². The third-order valence-electron chi connectivity index (χ3n) is 6.01. The fourth-order valence-electron chi connectivity index (χ4n) is 3.94. The normalized spacial score (nSPS) is 12.1. The van der Waals surface area contributed by atoms with Crippen LogP contribution in [0.25, 0.3) is 0 Å². The highest BCUT2D eigenvalue weighted by Gasteiger charge is 2.34. The molecule has 0 aliphatic carbocycles. The van der Waals surface area contributed by atoms with Gasteiger partial charge in [-0.05, 0) is 55.8 Å².